The van der Waals surface area contributed by atoms with Crippen LogP contribution in [0, 0.1) is 0 Å². The smallest absolute Gasteiger partial charge is 0.259 e. The molecule has 2 bridgehead atoms. The maximum absolute atomic E-state index is 13.1. The second-order valence-corrected chi connectivity index (χ2v) is 8.51. The SMILES string of the molecule is COc1cc2c(O)c(c1)C(=O)Nc1ccccc1OCCSCCOc1ccccc1NC2=O. The molecule has 0 aliphatic carbocycles. The van der Waals surface area contributed by atoms with E-state index >= 15 is 0 Å². The lowest BCUT2D eigenvalue weighted by Gasteiger charge is -2.16. The van der Waals surface area contributed by atoms with Crippen LogP contribution in [-0.2, 0) is 0 Å². The number of amides is 2. The van der Waals surface area contributed by atoms with Gasteiger partial charge in [-0.2, -0.15) is 11.8 Å². The molecule has 0 saturated carbocycles. The van der Waals surface area contributed by atoms with Gasteiger partial charge in [-0.1, -0.05) is 24.3 Å². The van der Waals surface area contributed by atoms with Gasteiger partial charge >= 0.3 is 0 Å². The number of benzene rings is 3. The average molecular weight is 481 g/mol. The van der Waals surface area contributed by atoms with Crippen LogP contribution in [0.3, 0.4) is 0 Å². The summed E-state index contributed by atoms with van der Waals surface area (Å²) >= 11 is 1.67. The second-order valence-electron chi connectivity index (χ2n) is 7.28. The Kier molecular flexibility index (Phi) is 7.44. The molecule has 0 saturated heterocycles. The Hall–Kier alpha value is -3.85. The Labute approximate surface area is 201 Å². The van der Waals surface area contributed by atoms with Crippen molar-refractivity contribution in [3.8, 4) is 23.0 Å². The summed E-state index contributed by atoms with van der Waals surface area (Å²) in [5.74, 6) is 1.01. The summed E-state index contributed by atoms with van der Waals surface area (Å²) in [4.78, 5) is 26.2. The van der Waals surface area contributed by atoms with Crippen molar-refractivity contribution >= 4 is 35.0 Å². The van der Waals surface area contributed by atoms with Crippen molar-refractivity contribution in [1.29, 1.82) is 0 Å². The molecule has 0 fully saturated rings. The van der Waals surface area contributed by atoms with E-state index in [1.165, 1.54) is 19.2 Å². The standard InChI is InChI=1S/C25H24N2O6S/c1-31-16-14-17-23(28)18(15-16)25(30)27-20-7-3-5-9-22(20)33-11-13-34-12-10-32-21-8-4-2-6-19(21)26-24(17)29/h2-9,14-15,28H,10-13H2,1H3,(H,26,29)(H,27,30). The molecule has 0 radical (unpaired) electrons. The van der Waals surface area contributed by atoms with Gasteiger partial charge in [-0.3, -0.25) is 9.59 Å². The summed E-state index contributed by atoms with van der Waals surface area (Å²) in [6.07, 6.45) is 0. The van der Waals surface area contributed by atoms with E-state index in [9.17, 15) is 14.7 Å². The van der Waals surface area contributed by atoms with Gasteiger partial charge in [0.25, 0.3) is 11.8 Å². The lowest BCUT2D eigenvalue weighted by molar-refractivity contribution is 0.102. The third-order valence-electron chi connectivity index (χ3n) is 5.05. The van der Waals surface area contributed by atoms with Crippen LogP contribution in [0.15, 0.2) is 60.7 Å². The summed E-state index contributed by atoms with van der Waals surface area (Å²) in [6, 6.07) is 16.8. The first-order valence-corrected chi connectivity index (χ1v) is 11.8. The largest absolute Gasteiger partial charge is 0.506 e. The van der Waals surface area contributed by atoms with Crippen LogP contribution in [0.2, 0.25) is 0 Å². The van der Waals surface area contributed by atoms with Crippen molar-refractivity contribution < 1.29 is 28.9 Å². The Morgan fingerprint density at radius 1 is 0.824 bits per heavy atom. The van der Waals surface area contributed by atoms with Crippen LogP contribution in [-0.4, -0.2) is 48.8 Å². The number of methoxy groups -OCH3 is 1. The maximum atomic E-state index is 13.1. The number of ether oxygens (including phenoxy) is 3. The van der Waals surface area contributed by atoms with Gasteiger partial charge in [0.05, 0.1) is 42.8 Å². The molecule has 3 N–H and O–H groups in total. The van der Waals surface area contributed by atoms with Crippen LogP contribution < -0.4 is 24.8 Å². The number of carbonyl (C=O) groups is 2. The molecule has 1 aliphatic heterocycles. The highest BCUT2D eigenvalue weighted by Crippen LogP contribution is 2.33. The van der Waals surface area contributed by atoms with Gasteiger partial charge in [-0.25, -0.2) is 0 Å². The van der Waals surface area contributed by atoms with E-state index in [1.807, 2.05) is 0 Å². The predicted octanol–water partition coefficient (Wildman–Crippen LogP) is 4.41. The summed E-state index contributed by atoms with van der Waals surface area (Å²) < 4.78 is 17.0. The fourth-order valence-electron chi connectivity index (χ4n) is 3.37. The van der Waals surface area contributed by atoms with Gasteiger partial charge in [0, 0.05) is 11.5 Å². The van der Waals surface area contributed by atoms with Crippen LogP contribution in [0.25, 0.3) is 0 Å². The molecule has 0 unspecified atom stereocenters. The Morgan fingerprint density at radius 3 is 1.76 bits per heavy atom. The average Bonchev–Trinajstić information content (AvgIpc) is 2.84. The molecule has 3 aromatic carbocycles. The first kappa shape index (κ1) is 23.3. The van der Waals surface area contributed by atoms with Gasteiger partial charge in [0.1, 0.15) is 23.0 Å². The number of para-hydroxylation sites is 4. The number of fused-ring (bicyclic) bond motifs is 4. The quantitative estimate of drug-likeness (QED) is 0.474. The van der Waals surface area contributed by atoms with Gasteiger partial charge in [0.15, 0.2) is 0 Å². The molecule has 1 aliphatic rings. The van der Waals surface area contributed by atoms with Gasteiger partial charge in [-0.05, 0) is 36.4 Å². The number of hydrogen-bond acceptors (Lipinski definition) is 7. The third-order valence-corrected chi connectivity index (χ3v) is 5.96. The number of phenols is 1. The zero-order chi connectivity index (χ0) is 23.9. The van der Waals surface area contributed by atoms with E-state index in [1.54, 1.807) is 60.3 Å². The number of carbonyl (C=O) groups excluding carboxylic acids is 2. The highest BCUT2D eigenvalue weighted by molar-refractivity contribution is 7.99. The Balaban J connectivity index is 1.74. The van der Waals surface area contributed by atoms with E-state index in [-0.39, 0.29) is 16.9 Å². The molecule has 0 aromatic heterocycles. The number of aromatic hydroxyl groups is 1. The van der Waals surface area contributed by atoms with Crippen molar-refractivity contribution in [3.63, 3.8) is 0 Å². The van der Waals surface area contributed by atoms with Gasteiger partial charge in [-0.15, -0.1) is 0 Å². The van der Waals surface area contributed by atoms with Crippen molar-refractivity contribution in [2.75, 3.05) is 42.5 Å². The normalized spacial score (nSPS) is 14.6. The number of nitrogens with one attached hydrogen (secondary N) is 2. The molecule has 0 spiro atoms. The van der Waals surface area contributed by atoms with Crippen LogP contribution in [0.5, 0.6) is 23.0 Å². The number of anilines is 2. The summed E-state index contributed by atoms with van der Waals surface area (Å²) in [6.45, 7) is 0.886. The van der Waals surface area contributed by atoms with Gasteiger partial charge in [0.2, 0.25) is 0 Å². The molecule has 1 heterocycles. The van der Waals surface area contributed by atoms with E-state index < -0.39 is 17.6 Å². The number of rotatable bonds is 1. The third kappa shape index (κ3) is 5.37. The monoisotopic (exact) mass is 480 g/mol. The van der Waals surface area contributed by atoms with Crippen LogP contribution >= 0.6 is 11.8 Å². The highest BCUT2D eigenvalue weighted by atomic mass is 32.2. The molecule has 0 atom stereocenters. The topological polar surface area (TPSA) is 106 Å². The summed E-state index contributed by atoms with van der Waals surface area (Å²) in [5.41, 5.74) is 0.675. The van der Waals surface area contributed by atoms with E-state index in [2.05, 4.69) is 10.6 Å². The van der Waals surface area contributed by atoms with Crippen molar-refractivity contribution in [2.45, 2.75) is 0 Å². The van der Waals surface area contributed by atoms with E-state index in [0.29, 0.717) is 36.1 Å². The molecule has 4 rings (SSSR count). The fourth-order valence-corrected chi connectivity index (χ4v) is 3.97. The minimum absolute atomic E-state index is 0.111. The zero-order valence-electron chi connectivity index (χ0n) is 18.5. The first-order chi connectivity index (χ1) is 16.6. The van der Waals surface area contributed by atoms with Crippen molar-refractivity contribution in [3.05, 3.63) is 71.8 Å². The fraction of sp³-hybridized carbons (Fsp3) is 0.200. The summed E-state index contributed by atoms with van der Waals surface area (Å²) in [5, 5.41) is 16.4. The van der Waals surface area contributed by atoms with Gasteiger partial charge < -0.3 is 30.0 Å². The van der Waals surface area contributed by atoms with E-state index in [4.69, 9.17) is 14.2 Å². The van der Waals surface area contributed by atoms with Crippen molar-refractivity contribution in [1.82, 2.24) is 0 Å². The second kappa shape index (κ2) is 10.8. The zero-order valence-corrected chi connectivity index (χ0v) is 19.3. The minimum atomic E-state index is -0.610. The molecule has 34 heavy (non-hydrogen) atoms. The highest BCUT2D eigenvalue weighted by Gasteiger charge is 2.23. The Bertz CT molecular complexity index is 1110. The molecular formula is C25H24N2O6S. The van der Waals surface area contributed by atoms with Crippen molar-refractivity contribution in [2.24, 2.45) is 0 Å². The summed E-state index contributed by atoms with van der Waals surface area (Å²) in [7, 11) is 1.42. The molecule has 176 valence electrons. The molecule has 8 nitrogen and oxygen atoms in total. The molecule has 9 heteroatoms. The Morgan fingerprint density at radius 2 is 1.29 bits per heavy atom. The molecular weight excluding hydrogens is 456 g/mol. The van der Waals surface area contributed by atoms with Crippen LogP contribution in [0.4, 0.5) is 11.4 Å². The lowest BCUT2D eigenvalue weighted by Crippen LogP contribution is -2.18. The lowest BCUT2D eigenvalue weighted by atomic mass is 10.1. The van der Waals surface area contributed by atoms with Crippen LogP contribution in [0.1, 0.15) is 20.7 Å². The predicted molar refractivity (Wildman–Crippen MR) is 132 cm³/mol. The number of thioether (sulfide) groups is 1. The molecule has 3 aromatic rings. The maximum Gasteiger partial charge on any atom is 0.259 e. The van der Waals surface area contributed by atoms with E-state index in [0.717, 1.165) is 11.5 Å². The number of phenolic OH excluding ortho intramolecular Hbond substituents is 1. The minimum Gasteiger partial charge on any atom is -0.506 e. The molecule has 2 amide bonds. The first-order valence-electron chi connectivity index (χ1n) is 10.6. The number of hydrogen-bond donors (Lipinski definition) is 3.